The summed E-state index contributed by atoms with van der Waals surface area (Å²) in [7, 11) is 2.22. The van der Waals surface area contributed by atoms with Crippen molar-refractivity contribution in [2.75, 3.05) is 20.1 Å². The average molecular weight is 217 g/mol. The van der Waals surface area contributed by atoms with Gasteiger partial charge in [-0.3, -0.25) is 0 Å². The summed E-state index contributed by atoms with van der Waals surface area (Å²) in [4.78, 5) is 2.43. The summed E-state index contributed by atoms with van der Waals surface area (Å²) in [5.74, 6) is 1.43. The fraction of sp³-hybridized carbons (Fsp3) is 0.600. The lowest BCUT2D eigenvalue weighted by molar-refractivity contribution is 0.255. The van der Waals surface area contributed by atoms with Crippen molar-refractivity contribution in [2.45, 2.75) is 38.5 Å². The maximum Gasteiger partial charge on any atom is -0.00159 e. The van der Waals surface area contributed by atoms with E-state index in [-0.39, 0.29) is 0 Å². The predicted molar refractivity (Wildman–Crippen MR) is 70.0 cm³/mol. The molecule has 0 aromatic heterocycles. The first-order valence-corrected chi connectivity index (χ1v) is 6.45. The molecule has 1 aliphatic rings. The smallest absolute Gasteiger partial charge is 0.00159 e. The molecule has 0 N–H and O–H groups in total. The first kappa shape index (κ1) is 11.7. The van der Waals surface area contributed by atoms with Crippen LogP contribution < -0.4 is 0 Å². The zero-order valence-corrected chi connectivity index (χ0v) is 10.7. The molecule has 0 aliphatic carbocycles. The molecule has 0 bridgehead atoms. The fourth-order valence-corrected chi connectivity index (χ4v) is 2.49. The summed E-state index contributed by atoms with van der Waals surface area (Å²) in [5.41, 5.74) is 2.99. The number of piperidine rings is 1. The molecule has 1 heteroatoms. The van der Waals surface area contributed by atoms with E-state index in [1.807, 2.05) is 0 Å². The van der Waals surface area contributed by atoms with Gasteiger partial charge in [0.1, 0.15) is 0 Å². The van der Waals surface area contributed by atoms with Crippen molar-refractivity contribution in [3.05, 3.63) is 35.4 Å². The highest BCUT2D eigenvalue weighted by molar-refractivity contribution is 5.27. The van der Waals surface area contributed by atoms with Gasteiger partial charge in [0.2, 0.25) is 0 Å². The van der Waals surface area contributed by atoms with Crippen LogP contribution in [-0.2, 0) is 0 Å². The molecule has 16 heavy (non-hydrogen) atoms. The molecule has 1 aliphatic heterocycles. The first-order chi connectivity index (χ1) is 7.66. The van der Waals surface area contributed by atoms with Gasteiger partial charge in [-0.25, -0.2) is 0 Å². The van der Waals surface area contributed by atoms with E-state index in [0.717, 1.165) is 5.92 Å². The monoisotopic (exact) mass is 217 g/mol. The van der Waals surface area contributed by atoms with E-state index in [2.05, 4.69) is 50.1 Å². The SMILES string of the molecule is CC(C)c1ccc(C2CCN(C)CC2)cc1. The third-order valence-electron chi connectivity index (χ3n) is 3.79. The Kier molecular flexibility index (Phi) is 3.65. The van der Waals surface area contributed by atoms with Crippen LogP contribution in [0.1, 0.15) is 49.7 Å². The van der Waals surface area contributed by atoms with Gasteiger partial charge < -0.3 is 4.90 Å². The highest BCUT2D eigenvalue weighted by Gasteiger charge is 2.18. The summed E-state index contributed by atoms with van der Waals surface area (Å²) in [6.45, 7) is 7.00. The molecule has 1 aromatic rings. The molecule has 1 fully saturated rings. The lowest BCUT2D eigenvalue weighted by atomic mass is 9.88. The normalized spacial score (nSPS) is 19.2. The Bertz CT molecular complexity index is 318. The summed E-state index contributed by atoms with van der Waals surface area (Å²) < 4.78 is 0. The Hall–Kier alpha value is -0.820. The Balaban J connectivity index is 2.04. The number of nitrogens with zero attached hydrogens (tertiary/aromatic N) is 1. The molecule has 0 radical (unpaired) electrons. The lowest BCUT2D eigenvalue weighted by Crippen LogP contribution is -2.29. The minimum absolute atomic E-state index is 0.645. The summed E-state index contributed by atoms with van der Waals surface area (Å²) >= 11 is 0. The molecule has 88 valence electrons. The number of rotatable bonds is 2. The zero-order valence-electron chi connectivity index (χ0n) is 10.7. The van der Waals surface area contributed by atoms with Crippen LogP contribution in [0.4, 0.5) is 0 Å². The van der Waals surface area contributed by atoms with E-state index in [4.69, 9.17) is 0 Å². The van der Waals surface area contributed by atoms with Gasteiger partial charge in [-0.2, -0.15) is 0 Å². The average Bonchev–Trinajstić information content (AvgIpc) is 2.30. The molecule has 0 amide bonds. The second kappa shape index (κ2) is 5.01. The van der Waals surface area contributed by atoms with Crippen molar-refractivity contribution in [2.24, 2.45) is 0 Å². The van der Waals surface area contributed by atoms with E-state index in [9.17, 15) is 0 Å². The van der Waals surface area contributed by atoms with E-state index >= 15 is 0 Å². The Morgan fingerprint density at radius 2 is 1.62 bits per heavy atom. The number of hydrogen-bond acceptors (Lipinski definition) is 1. The number of hydrogen-bond donors (Lipinski definition) is 0. The lowest BCUT2D eigenvalue weighted by Gasteiger charge is -2.29. The van der Waals surface area contributed by atoms with Crippen LogP contribution in [0.25, 0.3) is 0 Å². The van der Waals surface area contributed by atoms with Crippen molar-refractivity contribution in [3.63, 3.8) is 0 Å². The van der Waals surface area contributed by atoms with E-state index in [1.165, 1.54) is 37.1 Å². The minimum atomic E-state index is 0.645. The van der Waals surface area contributed by atoms with Crippen LogP contribution in [-0.4, -0.2) is 25.0 Å². The maximum absolute atomic E-state index is 2.43. The summed E-state index contributed by atoms with van der Waals surface area (Å²) in [6.07, 6.45) is 2.63. The Labute approximate surface area is 99.5 Å². The minimum Gasteiger partial charge on any atom is -0.306 e. The first-order valence-electron chi connectivity index (χ1n) is 6.45. The van der Waals surface area contributed by atoms with Gasteiger partial charge >= 0.3 is 0 Å². The third-order valence-corrected chi connectivity index (χ3v) is 3.79. The van der Waals surface area contributed by atoms with Crippen molar-refractivity contribution in [1.29, 1.82) is 0 Å². The number of benzene rings is 1. The zero-order chi connectivity index (χ0) is 11.5. The van der Waals surface area contributed by atoms with Crippen LogP contribution in [0.3, 0.4) is 0 Å². The molecule has 1 heterocycles. The number of likely N-dealkylation sites (tertiary alicyclic amines) is 1. The van der Waals surface area contributed by atoms with E-state index in [0.29, 0.717) is 5.92 Å². The Morgan fingerprint density at radius 3 is 2.12 bits per heavy atom. The molecule has 0 spiro atoms. The standard InChI is InChI=1S/C15H23N/c1-12(2)13-4-6-14(7-5-13)15-8-10-16(3)11-9-15/h4-7,12,15H,8-11H2,1-3H3. The van der Waals surface area contributed by atoms with Gasteiger partial charge in [-0.05, 0) is 55.9 Å². The molecule has 0 unspecified atom stereocenters. The summed E-state index contributed by atoms with van der Waals surface area (Å²) in [5, 5.41) is 0. The maximum atomic E-state index is 2.43. The topological polar surface area (TPSA) is 3.24 Å². The molecule has 0 atom stereocenters. The van der Waals surface area contributed by atoms with Crippen LogP contribution >= 0.6 is 0 Å². The van der Waals surface area contributed by atoms with Crippen LogP contribution in [0.2, 0.25) is 0 Å². The molecular formula is C15H23N. The van der Waals surface area contributed by atoms with Gasteiger partial charge in [0.05, 0.1) is 0 Å². The second-order valence-corrected chi connectivity index (χ2v) is 5.40. The van der Waals surface area contributed by atoms with Gasteiger partial charge in [0.25, 0.3) is 0 Å². The molecule has 1 aromatic carbocycles. The van der Waals surface area contributed by atoms with E-state index in [1.54, 1.807) is 0 Å². The van der Waals surface area contributed by atoms with Gasteiger partial charge in [-0.1, -0.05) is 38.1 Å². The quantitative estimate of drug-likeness (QED) is 0.731. The highest BCUT2D eigenvalue weighted by atomic mass is 15.1. The van der Waals surface area contributed by atoms with Crippen LogP contribution in [0.5, 0.6) is 0 Å². The van der Waals surface area contributed by atoms with Gasteiger partial charge in [0.15, 0.2) is 0 Å². The van der Waals surface area contributed by atoms with Crippen molar-refractivity contribution in [1.82, 2.24) is 4.90 Å². The molecule has 2 rings (SSSR count). The van der Waals surface area contributed by atoms with Crippen molar-refractivity contribution in [3.8, 4) is 0 Å². The highest BCUT2D eigenvalue weighted by Crippen LogP contribution is 2.28. The predicted octanol–water partition coefficient (Wildman–Crippen LogP) is 3.62. The second-order valence-electron chi connectivity index (χ2n) is 5.40. The largest absolute Gasteiger partial charge is 0.306 e. The van der Waals surface area contributed by atoms with E-state index < -0.39 is 0 Å². The van der Waals surface area contributed by atoms with Crippen LogP contribution in [0.15, 0.2) is 24.3 Å². The molecule has 1 saturated heterocycles. The Morgan fingerprint density at radius 1 is 1.06 bits per heavy atom. The molecule has 1 nitrogen and oxygen atoms in total. The fourth-order valence-electron chi connectivity index (χ4n) is 2.49. The van der Waals surface area contributed by atoms with Crippen molar-refractivity contribution < 1.29 is 0 Å². The third kappa shape index (κ3) is 2.65. The van der Waals surface area contributed by atoms with Crippen LogP contribution in [0, 0.1) is 0 Å². The van der Waals surface area contributed by atoms with Gasteiger partial charge in [0, 0.05) is 0 Å². The molecule has 0 saturated carbocycles. The van der Waals surface area contributed by atoms with Gasteiger partial charge in [-0.15, -0.1) is 0 Å². The molecular weight excluding hydrogens is 194 g/mol. The van der Waals surface area contributed by atoms with Crippen molar-refractivity contribution >= 4 is 0 Å². The summed E-state index contributed by atoms with van der Waals surface area (Å²) in [6, 6.07) is 9.28.